The summed E-state index contributed by atoms with van der Waals surface area (Å²) in [6.07, 6.45) is 1.43. The molecular formula is C18H16O8S. The van der Waals surface area contributed by atoms with Gasteiger partial charge in [0, 0.05) is 18.1 Å². The highest BCUT2D eigenvalue weighted by atomic mass is 32.3. The maximum atomic E-state index is 12.6. The molecule has 2 N–H and O–H groups in total. The van der Waals surface area contributed by atoms with Gasteiger partial charge >= 0.3 is 10.4 Å². The Kier molecular flexibility index (Phi) is 4.81. The van der Waals surface area contributed by atoms with Gasteiger partial charge in [0.25, 0.3) is 0 Å². The van der Waals surface area contributed by atoms with Gasteiger partial charge in [-0.3, -0.25) is 9.35 Å². The second-order valence-electron chi connectivity index (χ2n) is 5.73. The van der Waals surface area contributed by atoms with Crippen LogP contribution in [0.25, 0.3) is 5.57 Å². The minimum absolute atomic E-state index is 0.0724. The van der Waals surface area contributed by atoms with Crippen LogP contribution in [0, 0.1) is 0 Å². The van der Waals surface area contributed by atoms with E-state index >= 15 is 0 Å². The van der Waals surface area contributed by atoms with Crippen molar-refractivity contribution in [3.05, 3.63) is 53.1 Å². The summed E-state index contributed by atoms with van der Waals surface area (Å²) in [6.45, 7) is 0. The second-order valence-corrected chi connectivity index (χ2v) is 6.75. The van der Waals surface area contributed by atoms with E-state index in [2.05, 4.69) is 4.18 Å². The average Bonchev–Trinajstić information content (AvgIpc) is 2.62. The van der Waals surface area contributed by atoms with Gasteiger partial charge in [0.2, 0.25) is 0 Å². The van der Waals surface area contributed by atoms with E-state index in [9.17, 15) is 18.3 Å². The number of fused-ring (bicyclic) bond motifs is 1. The molecule has 0 fully saturated rings. The van der Waals surface area contributed by atoms with Crippen LogP contribution in [0.15, 0.2) is 36.4 Å². The predicted octanol–water partition coefficient (Wildman–Crippen LogP) is 2.41. The Morgan fingerprint density at radius 2 is 1.74 bits per heavy atom. The number of phenols is 1. The van der Waals surface area contributed by atoms with Crippen molar-refractivity contribution in [1.82, 2.24) is 0 Å². The lowest BCUT2D eigenvalue weighted by Crippen LogP contribution is -2.15. The molecule has 0 amide bonds. The standard InChI is InChI=1S/C18H16O8S/c1-24-12-5-3-10(4-6-12)11-7-13-17(14(19)8-11)15(20)9-16(25-2)18(13)26-27(21,22)23/h3-6,8-9,20H,7H2,1-2H3,(H,21,22,23). The molecule has 27 heavy (non-hydrogen) atoms. The summed E-state index contributed by atoms with van der Waals surface area (Å²) in [7, 11) is -2.10. The number of carbonyl (C=O) groups excluding carboxylic acids is 1. The van der Waals surface area contributed by atoms with Crippen molar-refractivity contribution in [3.63, 3.8) is 0 Å². The van der Waals surface area contributed by atoms with Crippen LogP contribution in [0.3, 0.4) is 0 Å². The largest absolute Gasteiger partial charge is 0.507 e. The quantitative estimate of drug-likeness (QED) is 0.745. The fourth-order valence-corrected chi connectivity index (χ4v) is 3.33. The van der Waals surface area contributed by atoms with Crippen LogP contribution in [0.2, 0.25) is 0 Å². The fraction of sp³-hybridized carbons (Fsp3) is 0.167. The molecule has 1 aliphatic carbocycles. The smallest absolute Gasteiger partial charge is 0.446 e. The molecule has 0 bridgehead atoms. The number of aromatic hydroxyl groups is 1. The van der Waals surface area contributed by atoms with Crippen molar-refractivity contribution < 1.29 is 36.5 Å². The van der Waals surface area contributed by atoms with E-state index in [1.54, 1.807) is 24.3 Å². The molecule has 0 aliphatic heterocycles. The van der Waals surface area contributed by atoms with Gasteiger partial charge in [0.05, 0.1) is 19.8 Å². The summed E-state index contributed by atoms with van der Waals surface area (Å²) >= 11 is 0. The number of ether oxygens (including phenoxy) is 2. The van der Waals surface area contributed by atoms with E-state index in [0.717, 1.165) is 6.07 Å². The third-order valence-electron chi connectivity index (χ3n) is 4.11. The highest BCUT2D eigenvalue weighted by molar-refractivity contribution is 7.81. The number of phenolic OH excluding ortho intramolecular Hbond substituents is 1. The first-order valence-electron chi connectivity index (χ1n) is 7.72. The summed E-state index contributed by atoms with van der Waals surface area (Å²) in [5.41, 5.74) is 1.27. The van der Waals surface area contributed by atoms with Crippen molar-refractivity contribution in [2.45, 2.75) is 6.42 Å². The third kappa shape index (κ3) is 3.74. The Hall–Kier alpha value is -3.04. The first-order chi connectivity index (χ1) is 12.7. The molecule has 8 nitrogen and oxygen atoms in total. The Morgan fingerprint density at radius 1 is 1.07 bits per heavy atom. The minimum atomic E-state index is -4.87. The summed E-state index contributed by atoms with van der Waals surface area (Å²) in [5.74, 6) is -0.744. The van der Waals surface area contributed by atoms with Gasteiger partial charge in [-0.15, -0.1) is 0 Å². The zero-order chi connectivity index (χ0) is 19.8. The van der Waals surface area contributed by atoms with Crippen molar-refractivity contribution >= 4 is 21.8 Å². The number of hydrogen-bond donors (Lipinski definition) is 2. The van der Waals surface area contributed by atoms with Gasteiger partial charge < -0.3 is 18.8 Å². The molecule has 0 aromatic heterocycles. The first-order valence-corrected chi connectivity index (χ1v) is 9.09. The Morgan fingerprint density at radius 3 is 2.30 bits per heavy atom. The van der Waals surface area contributed by atoms with Crippen LogP contribution >= 0.6 is 0 Å². The maximum Gasteiger partial charge on any atom is 0.446 e. The van der Waals surface area contributed by atoms with Gasteiger partial charge in [-0.25, -0.2) is 0 Å². The van der Waals surface area contributed by atoms with Crippen LogP contribution < -0.4 is 13.7 Å². The lowest BCUT2D eigenvalue weighted by Gasteiger charge is -2.21. The summed E-state index contributed by atoms with van der Waals surface area (Å²) in [4.78, 5) is 12.6. The van der Waals surface area contributed by atoms with Crippen molar-refractivity contribution in [1.29, 1.82) is 0 Å². The van der Waals surface area contributed by atoms with E-state index in [-0.39, 0.29) is 34.8 Å². The molecule has 0 saturated carbocycles. The topological polar surface area (TPSA) is 119 Å². The minimum Gasteiger partial charge on any atom is -0.507 e. The summed E-state index contributed by atoms with van der Waals surface area (Å²) in [6, 6.07) is 7.98. The van der Waals surface area contributed by atoms with Gasteiger partial charge in [-0.1, -0.05) is 12.1 Å². The zero-order valence-electron chi connectivity index (χ0n) is 14.4. The molecule has 1 aliphatic rings. The molecule has 0 saturated heterocycles. The molecule has 9 heteroatoms. The van der Waals surface area contributed by atoms with Gasteiger partial charge in [0.15, 0.2) is 17.3 Å². The Bertz CT molecular complexity index is 1040. The normalized spacial score (nSPS) is 13.6. The average molecular weight is 392 g/mol. The molecule has 2 aromatic rings. The van der Waals surface area contributed by atoms with Crippen LogP contribution in [-0.2, 0) is 16.8 Å². The molecule has 0 radical (unpaired) electrons. The van der Waals surface area contributed by atoms with Gasteiger partial charge in [-0.05, 0) is 29.3 Å². The summed E-state index contributed by atoms with van der Waals surface area (Å²) in [5, 5.41) is 10.2. The highest BCUT2D eigenvalue weighted by Gasteiger charge is 2.30. The number of carbonyl (C=O) groups is 1. The molecule has 0 atom stereocenters. The third-order valence-corrected chi connectivity index (χ3v) is 4.49. The SMILES string of the molecule is COc1ccc(C2=CC(=O)c3c(O)cc(OC)c(OS(=O)(=O)O)c3C2)cc1. The highest BCUT2D eigenvalue weighted by Crippen LogP contribution is 2.44. The predicted molar refractivity (Wildman–Crippen MR) is 95.8 cm³/mol. The molecule has 2 aromatic carbocycles. The van der Waals surface area contributed by atoms with Crippen LogP contribution in [-0.4, -0.2) is 38.1 Å². The molecule has 3 rings (SSSR count). The number of methoxy groups -OCH3 is 2. The molecular weight excluding hydrogens is 376 g/mol. The lowest BCUT2D eigenvalue weighted by molar-refractivity contribution is 0.104. The van der Waals surface area contributed by atoms with Crippen LogP contribution in [0.5, 0.6) is 23.0 Å². The zero-order valence-corrected chi connectivity index (χ0v) is 15.2. The molecule has 0 heterocycles. The monoisotopic (exact) mass is 392 g/mol. The van der Waals surface area contributed by atoms with E-state index in [4.69, 9.17) is 14.0 Å². The first kappa shape index (κ1) is 18.7. The molecule has 0 unspecified atom stereocenters. The molecule has 0 spiro atoms. The Labute approximate surface area is 155 Å². The van der Waals surface area contributed by atoms with Crippen molar-refractivity contribution in [2.24, 2.45) is 0 Å². The summed E-state index contributed by atoms with van der Waals surface area (Å²) < 4.78 is 46.4. The second kappa shape index (κ2) is 6.93. The fourth-order valence-electron chi connectivity index (χ4n) is 2.93. The molecule has 142 valence electrons. The van der Waals surface area contributed by atoms with E-state index in [0.29, 0.717) is 16.9 Å². The van der Waals surface area contributed by atoms with E-state index in [1.807, 2.05) is 0 Å². The van der Waals surface area contributed by atoms with Crippen LogP contribution in [0.1, 0.15) is 21.5 Å². The van der Waals surface area contributed by atoms with Gasteiger partial charge in [0.1, 0.15) is 11.5 Å². The van der Waals surface area contributed by atoms with E-state index < -0.39 is 16.2 Å². The van der Waals surface area contributed by atoms with Crippen molar-refractivity contribution in [2.75, 3.05) is 14.2 Å². The lowest BCUT2D eigenvalue weighted by atomic mass is 9.86. The number of rotatable bonds is 5. The van der Waals surface area contributed by atoms with Crippen molar-refractivity contribution in [3.8, 4) is 23.0 Å². The number of ketones is 1. The number of allylic oxidation sites excluding steroid dienone is 2. The van der Waals surface area contributed by atoms with Crippen LogP contribution in [0.4, 0.5) is 0 Å². The number of hydrogen-bond acceptors (Lipinski definition) is 7. The number of benzene rings is 2. The Balaban J connectivity index is 2.14. The van der Waals surface area contributed by atoms with E-state index in [1.165, 1.54) is 20.3 Å². The van der Waals surface area contributed by atoms with Gasteiger partial charge in [-0.2, -0.15) is 8.42 Å². The maximum absolute atomic E-state index is 12.6.